The van der Waals surface area contributed by atoms with Crippen LogP contribution in [-0.2, 0) is 0 Å². The fraction of sp³-hybridized carbons (Fsp3) is 0.188. The van der Waals surface area contributed by atoms with E-state index in [1.165, 1.54) is 12.1 Å². The predicted molar refractivity (Wildman–Crippen MR) is 72.3 cm³/mol. The first-order chi connectivity index (χ1) is 9.02. The van der Waals surface area contributed by atoms with Gasteiger partial charge in [-0.2, -0.15) is 0 Å². The van der Waals surface area contributed by atoms with Crippen LogP contribution < -0.4 is 4.74 Å². The van der Waals surface area contributed by atoms with Gasteiger partial charge in [0.15, 0.2) is 5.78 Å². The Morgan fingerprint density at radius 3 is 2.05 bits per heavy atom. The minimum atomic E-state index is -0.318. The van der Waals surface area contributed by atoms with E-state index in [0.717, 1.165) is 0 Å². The number of methoxy groups -OCH3 is 1. The monoisotopic (exact) mass is 258 g/mol. The number of ketones is 1. The van der Waals surface area contributed by atoms with E-state index in [0.29, 0.717) is 28.0 Å². The second-order valence-corrected chi connectivity index (χ2v) is 4.47. The molecule has 0 saturated heterocycles. The predicted octanol–water partition coefficient (Wildman–Crippen LogP) is 3.68. The van der Waals surface area contributed by atoms with Gasteiger partial charge >= 0.3 is 0 Å². The summed E-state index contributed by atoms with van der Waals surface area (Å²) < 4.78 is 18.3. The van der Waals surface area contributed by atoms with Crippen molar-refractivity contribution in [3.05, 3.63) is 64.5 Å². The van der Waals surface area contributed by atoms with E-state index in [1.54, 1.807) is 45.2 Å². The highest BCUT2D eigenvalue weighted by Gasteiger charge is 2.15. The Hall–Kier alpha value is -2.16. The highest BCUT2D eigenvalue weighted by molar-refractivity contribution is 6.10. The second-order valence-electron chi connectivity index (χ2n) is 4.47. The quantitative estimate of drug-likeness (QED) is 0.785. The van der Waals surface area contributed by atoms with Crippen molar-refractivity contribution in [1.82, 2.24) is 0 Å². The van der Waals surface area contributed by atoms with Crippen LogP contribution in [0.15, 0.2) is 36.4 Å². The molecule has 0 amide bonds. The molecule has 3 heteroatoms. The smallest absolute Gasteiger partial charge is 0.193 e. The average Bonchev–Trinajstić information content (AvgIpc) is 2.37. The van der Waals surface area contributed by atoms with Gasteiger partial charge in [0, 0.05) is 11.1 Å². The number of halogens is 1. The summed E-state index contributed by atoms with van der Waals surface area (Å²) in [5.74, 6) is 0.281. The highest BCUT2D eigenvalue weighted by atomic mass is 19.1. The van der Waals surface area contributed by atoms with Gasteiger partial charge in [-0.1, -0.05) is 0 Å². The van der Waals surface area contributed by atoms with E-state index in [4.69, 9.17) is 4.74 Å². The van der Waals surface area contributed by atoms with Crippen LogP contribution in [0.5, 0.6) is 5.75 Å². The molecule has 0 aliphatic heterocycles. The molecule has 98 valence electrons. The summed E-state index contributed by atoms with van der Waals surface area (Å²) >= 11 is 0. The summed E-state index contributed by atoms with van der Waals surface area (Å²) in [7, 11) is 1.57. The van der Waals surface area contributed by atoms with E-state index < -0.39 is 0 Å². The van der Waals surface area contributed by atoms with Gasteiger partial charge in [0.2, 0.25) is 0 Å². The second kappa shape index (κ2) is 5.22. The normalized spacial score (nSPS) is 10.3. The van der Waals surface area contributed by atoms with Crippen molar-refractivity contribution in [3.8, 4) is 5.75 Å². The maximum absolute atomic E-state index is 13.2. The zero-order valence-corrected chi connectivity index (χ0v) is 11.2. The molecule has 0 spiro atoms. The van der Waals surface area contributed by atoms with Crippen LogP contribution in [0.2, 0.25) is 0 Å². The van der Waals surface area contributed by atoms with Crippen LogP contribution in [0.4, 0.5) is 4.39 Å². The van der Waals surface area contributed by atoms with Gasteiger partial charge in [0.05, 0.1) is 7.11 Å². The Labute approximate surface area is 111 Å². The van der Waals surface area contributed by atoms with Gasteiger partial charge in [-0.3, -0.25) is 4.79 Å². The third-order valence-electron chi connectivity index (χ3n) is 3.08. The first kappa shape index (κ1) is 13.3. The Morgan fingerprint density at radius 1 is 1.05 bits per heavy atom. The fourth-order valence-corrected chi connectivity index (χ4v) is 2.16. The first-order valence-electron chi connectivity index (χ1n) is 5.98. The number of hydrogen-bond acceptors (Lipinski definition) is 2. The van der Waals surface area contributed by atoms with Crippen LogP contribution in [0.3, 0.4) is 0 Å². The number of ether oxygens (including phenoxy) is 1. The lowest BCUT2D eigenvalue weighted by Gasteiger charge is -2.09. The molecule has 0 aliphatic rings. The summed E-state index contributed by atoms with van der Waals surface area (Å²) in [5, 5.41) is 0. The Morgan fingerprint density at radius 2 is 1.58 bits per heavy atom. The van der Waals surface area contributed by atoms with E-state index in [-0.39, 0.29) is 11.6 Å². The molecule has 2 aromatic rings. The molecule has 0 fully saturated rings. The molecule has 0 bridgehead atoms. The van der Waals surface area contributed by atoms with E-state index in [9.17, 15) is 9.18 Å². The van der Waals surface area contributed by atoms with Crippen molar-refractivity contribution in [1.29, 1.82) is 0 Å². The van der Waals surface area contributed by atoms with Crippen molar-refractivity contribution in [2.24, 2.45) is 0 Å². The molecule has 2 aromatic carbocycles. The number of carbonyl (C=O) groups is 1. The Kier molecular flexibility index (Phi) is 3.65. The van der Waals surface area contributed by atoms with Crippen LogP contribution in [0.1, 0.15) is 27.0 Å². The molecule has 0 atom stereocenters. The Balaban J connectivity index is 2.44. The lowest BCUT2D eigenvalue weighted by molar-refractivity contribution is 0.103. The van der Waals surface area contributed by atoms with Gasteiger partial charge in [-0.25, -0.2) is 4.39 Å². The van der Waals surface area contributed by atoms with Crippen molar-refractivity contribution in [3.63, 3.8) is 0 Å². The molecule has 0 aliphatic carbocycles. The number of benzene rings is 2. The van der Waals surface area contributed by atoms with Gasteiger partial charge in [0.25, 0.3) is 0 Å². The van der Waals surface area contributed by atoms with Gasteiger partial charge in [-0.05, 0) is 61.4 Å². The number of aryl methyl sites for hydroxylation is 2. The standard InChI is InChI=1S/C16H15FO2/c1-10-8-13(17)9-11(2)15(10)16(18)12-4-6-14(19-3)7-5-12/h4-9H,1-3H3. The van der Waals surface area contributed by atoms with Gasteiger partial charge in [-0.15, -0.1) is 0 Å². The SMILES string of the molecule is COc1ccc(C(=O)c2c(C)cc(F)cc2C)cc1. The van der Waals surface area contributed by atoms with Crippen LogP contribution >= 0.6 is 0 Å². The summed E-state index contributed by atoms with van der Waals surface area (Å²) in [6, 6.07) is 9.66. The minimum absolute atomic E-state index is 0.0994. The average molecular weight is 258 g/mol. The molecule has 19 heavy (non-hydrogen) atoms. The largest absolute Gasteiger partial charge is 0.497 e. The number of rotatable bonds is 3. The molecule has 0 radical (unpaired) electrons. The maximum atomic E-state index is 13.2. The highest BCUT2D eigenvalue weighted by Crippen LogP contribution is 2.21. The van der Waals surface area contributed by atoms with Gasteiger partial charge < -0.3 is 4.74 Å². The third kappa shape index (κ3) is 2.65. The van der Waals surface area contributed by atoms with Gasteiger partial charge in [0.1, 0.15) is 11.6 Å². The molecule has 0 saturated carbocycles. The molecular formula is C16H15FO2. The Bertz CT molecular complexity index is 592. The summed E-state index contributed by atoms with van der Waals surface area (Å²) in [5.41, 5.74) is 2.43. The van der Waals surface area contributed by atoms with Crippen molar-refractivity contribution in [2.45, 2.75) is 13.8 Å². The molecular weight excluding hydrogens is 243 g/mol. The van der Waals surface area contributed by atoms with Crippen molar-refractivity contribution >= 4 is 5.78 Å². The molecule has 0 aromatic heterocycles. The lowest BCUT2D eigenvalue weighted by atomic mass is 9.95. The zero-order valence-electron chi connectivity index (χ0n) is 11.2. The van der Waals surface area contributed by atoms with E-state index in [2.05, 4.69) is 0 Å². The zero-order chi connectivity index (χ0) is 14.0. The summed E-state index contributed by atoms with van der Waals surface area (Å²) in [6.45, 7) is 3.49. The number of hydrogen-bond donors (Lipinski definition) is 0. The topological polar surface area (TPSA) is 26.3 Å². The third-order valence-corrected chi connectivity index (χ3v) is 3.08. The van der Waals surface area contributed by atoms with Crippen molar-refractivity contribution < 1.29 is 13.9 Å². The van der Waals surface area contributed by atoms with E-state index in [1.807, 2.05) is 0 Å². The van der Waals surface area contributed by atoms with E-state index >= 15 is 0 Å². The van der Waals surface area contributed by atoms with Crippen molar-refractivity contribution in [2.75, 3.05) is 7.11 Å². The minimum Gasteiger partial charge on any atom is -0.497 e. The van der Waals surface area contributed by atoms with Crippen LogP contribution in [0, 0.1) is 19.7 Å². The summed E-state index contributed by atoms with van der Waals surface area (Å²) in [6.07, 6.45) is 0. The van der Waals surface area contributed by atoms with Crippen LogP contribution in [-0.4, -0.2) is 12.9 Å². The lowest BCUT2D eigenvalue weighted by Crippen LogP contribution is -2.07. The molecule has 0 unspecified atom stereocenters. The summed E-state index contributed by atoms with van der Waals surface area (Å²) in [4.78, 5) is 12.4. The molecule has 2 nitrogen and oxygen atoms in total. The molecule has 0 heterocycles. The molecule has 0 N–H and O–H groups in total. The fourth-order valence-electron chi connectivity index (χ4n) is 2.16. The maximum Gasteiger partial charge on any atom is 0.193 e. The number of carbonyl (C=O) groups excluding carboxylic acids is 1. The van der Waals surface area contributed by atoms with Crippen LogP contribution in [0.25, 0.3) is 0 Å². The molecule has 2 rings (SSSR count). The first-order valence-corrected chi connectivity index (χ1v) is 5.98.